The minimum atomic E-state index is -0.424. The van der Waals surface area contributed by atoms with Gasteiger partial charge in [0.25, 0.3) is 0 Å². The second-order valence-corrected chi connectivity index (χ2v) is 5.13. The van der Waals surface area contributed by atoms with Crippen LogP contribution in [-0.2, 0) is 0 Å². The predicted molar refractivity (Wildman–Crippen MR) is 84.7 cm³/mol. The number of anilines is 2. The minimum Gasteiger partial charge on any atom is -0.361 e. The fourth-order valence-electron chi connectivity index (χ4n) is 2.45. The van der Waals surface area contributed by atoms with Crippen LogP contribution in [0.25, 0.3) is 0 Å². The van der Waals surface area contributed by atoms with Crippen LogP contribution < -0.4 is 10.6 Å². The molecule has 1 unspecified atom stereocenters. The third-order valence-electron chi connectivity index (χ3n) is 3.70. The maximum absolute atomic E-state index is 11.3. The fourth-order valence-corrected chi connectivity index (χ4v) is 2.45. The van der Waals surface area contributed by atoms with Crippen molar-refractivity contribution < 1.29 is 4.92 Å². The Morgan fingerprint density at radius 2 is 1.86 bits per heavy atom. The summed E-state index contributed by atoms with van der Waals surface area (Å²) >= 11 is 0. The van der Waals surface area contributed by atoms with Crippen LogP contribution in [0.4, 0.5) is 17.5 Å². The molecule has 0 spiro atoms. The molecular formula is C14H25N5O2. The zero-order valence-corrected chi connectivity index (χ0v) is 13.4. The average molecular weight is 295 g/mol. The number of nitro groups is 1. The molecular weight excluding hydrogens is 270 g/mol. The molecule has 7 heteroatoms. The number of rotatable bonds is 8. The molecule has 118 valence electrons. The van der Waals surface area contributed by atoms with E-state index in [0.29, 0.717) is 29.9 Å². The van der Waals surface area contributed by atoms with Gasteiger partial charge >= 0.3 is 5.69 Å². The molecule has 0 bridgehead atoms. The van der Waals surface area contributed by atoms with Crippen molar-refractivity contribution in [3.63, 3.8) is 0 Å². The molecule has 0 aliphatic heterocycles. The lowest BCUT2D eigenvalue weighted by Crippen LogP contribution is -2.26. The summed E-state index contributed by atoms with van der Waals surface area (Å²) in [5.74, 6) is 1.16. The standard InChI is InChI=1S/C14H25N5O2/c1-6-11(7-2)9(4)16-13-12(19(20)21)10(5)17-14(18-13)15-8-3/h9,11H,6-8H2,1-5H3,(H2,15,16,17,18). The van der Waals surface area contributed by atoms with E-state index >= 15 is 0 Å². The van der Waals surface area contributed by atoms with Crippen molar-refractivity contribution >= 4 is 17.5 Å². The molecule has 0 saturated carbocycles. The molecule has 0 amide bonds. The van der Waals surface area contributed by atoms with E-state index in [2.05, 4.69) is 34.4 Å². The van der Waals surface area contributed by atoms with Crippen LogP contribution in [0.15, 0.2) is 0 Å². The summed E-state index contributed by atoms with van der Waals surface area (Å²) in [4.78, 5) is 19.2. The van der Waals surface area contributed by atoms with Crippen LogP contribution in [0.5, 0.6) is 0 Å². The lowest BCUT2D eigenvalue weighted by atomic mass is 9.95. The minimum absolute atomic E-state index is 0.0468. The molecule has 7 nitrogen and oxygen atoms in total. The molecule has 1 rings (SSSR count). The smallest absolute Gasteiger partial charge is 0.332 e. The highest BCUT2D eigenvalue weighted by Gasteiger charge is 2.24. The van der Waals surface area contributed by atoms with Crippen LogP contribution >= 0.6 is 0 Å². The zero-order valence-electron chi connectivity index (χ0n) is 13.4. The van der Waals surface area contributed by atoms with Crippen molar-refractivity contribution in [3.8, 4) is 0 Å². The van der Waals surface area contributed by atoms with E-state index in [1.54, 1.807) is 6.92 Å². The number of hydrogen-bond donors (Lipinski definition) is 2. The predicted octanol–water partition coefficient (Wildman–Crippen LogP) is 3.36. The van der Waals surface area contributed by atoms with Crippen molar-refractivity contribution in [2.75, 3.05) is 17.2 Å². The molecule has 21 heavy (non-hydrogen) atoms. The highest BCUT2D eigenvalue weighted by atomic mass is 16.6. The number of aromatic nitrogens is 2. The van der Waals surface area contributed by atoms with Gasteiger partial charge in [0.2, 0.25) is 11.8 Å². The van der Waals surface area contributed by atoms with E-state index in [1.165, 1.54) is 0 Å². The monoisotopic (exact) mass is 295 g/mol. The SMILES string of the molecule is CCNc1nc(C)c([N+](=O)[O-])c(NC(C)C(CC)CC)n1. The number of hydrogen-bond acceptors (Lipinski definition) is 6. The van der Waals surface area contributed by atoms with Crippen molar-refractivity contribution in [1.29, 1.82) is 0 Å². The van der Waals surface area contributed by atoms with Gasteiger partial charge in [0.15, 0.2) is 0 Å². The topological polar surface area (TPSA) is 93.0 Å². The highest BCUT2D eigenvalue weighted by Crippen LogP contribution is 2.28. The Morgan fingerprint density at radius 1 is 1.24 bits per heavy atom. The van der Waals surface area contributed by atoms with Crippen molar-refractivity contribution in [3.05, 3.63) is 15.8 Å². The van der Waals surface area contributed by atoms with Gasteiger partial charge in [-0.25, -0.2) is 4.98 Å². The maximum Gasteiger partial charge on any atom is 0.332 e. The van der Waals surface area contributed by atoms with Gasteiger partial charge in [0, 0.05) is 12.6 Å². The first-order valence-electron chi connectivity index (χ1n) is 7.47. The van der Waals surface area contributed by atoms with Gasteiger partial charge in [0.1, 0.15) is 5.69 Å². The molecule has 1 heterocycles. The van der Waals surface area contributed by atoms with E-state index in [0.717, 1.165) is 12.8 Å². The number of nitrogens with zero attached hydrogens (tertiary/aromatic N) is 3. The van der Waals surface area contributed by atoms with Crippen LogP contribution in [0, 0.1) is 23.0 Å². The summed E-state index contributed by atoms with van der Waals surface area (Å²) < 4.78 is 0. The van der Waals surface area contributed by atoms with Crippen molar-refractivity contribution in [1.82, 2.24) is 9.97 Å². The molecule has 0 aliphatic rings. The van der Waals surface area contributed by atoms with Gasteiger partial charge in [-0.1, -0.05) is 26.7 Å². The molecule has 0 radical (unpaired) electrons. The molecule has 1 aromatic rings. The van der Waals surface area contributed by atoms with Gasteiger partial charge < -0.3 is 10.6 Å². The molecule has 1 atom stereocenters. The molecule has 1 aromatic heterocycles. The maximum atomic E-state index is 11.3. The third-order valence-corrected chi connectivity index (χ3v) is 3.70. The average Bonchev–Trinajstić information content (AvgIpc) is 2.39. The van der Waals surface area contributed by atoms with Gasteiger partial charge in [-0.15, -0.1) is 0 Å². The van der Waals surface area contributed by atoms with Crippen LogP contribution in [0.2, 0.25) is 0 Å². The Kier molecular flexibility index (Phi) is 6.33. The Hall–Kier alpha value is -1.92. The van der Waals surface area contributed by atoms with E-state index in [1.807, 2.05) is 13.8 Å². The van der Waals surface area contributed by atoms with Crippen LogP contribution in [-0.4, -0.2) is 27.5 Å². The highest BCUT2D eigenvalue weighted by molar-refractivity contribution is 5.61. The van der Waals surface area contributed by atoms with Gasteiger partial charge in [-0.05, 0) is 26.7 Å². The first-order valence-corrected chi connectivity index (χ1v) is 7.47. The Balaban J connectivity index is 3.15. The van der Waals surface area contributed by atoms with E-state index in [-0.39, 0.29) is 11.7 Å². The second kappa shape index (κ2) is 7.75. The summed E-state index contributed by atoms with van der Waals surface area (Å²) in [6.07, 6.45) is 2.03. The van der Waals surface area contributed by atoms with E-state index in [4.69, 9.17) is 0 Å². The summed E-state index contributed by atoms with van der Waals surface area (Å²) in [6, 6.07) is 0.113. The van der Waals surface area contributed by atoms with Gasteiger partial charge in [-0.3, -0.25) is 10.1 Å². The van der Waals surface area contributed by atoms with E-state index in [9.17, 15) is 10.1 Å². The molecule has 0 aliphatic carbocycles. The Bertz CT molecular complexity index is 488. The number of nitrogens with one attached hydrogen (secondary N) is 2. The van der Waals surface area contributed by atoms with Crippen LogP contribution in [0.3, 0.4) is 0 Å². The zero-order chi connectivity index (χ0) is 16.0. The van der Waals surface area contributed by atoms with Gasteiger partial charge in [-0.2, -0.15) is 4.98 Å². The van der Waals surface area contributed by atoms with Crippen molar-refractivity contribution in [2.24, 2.45) is 5.92 Å². The summed E-state index contributed by atoms with van der Waals surface area (Å²) in [6.45, 7) is 10.5. The lowest BCUT2D eigenvalue weighted by molar-refractivity contribution is -0.385. The third kappa shape index (κ3) is 4.27. The second-order valence-electron chi connectivity index (χ2n) is 5.13. The van der Waals surface area contributed by atoms with Crippen LogP contribution in [0.1, 0.15) is 46.2 Å². The Morgan fingerprint density at radius 3 is 2.33 bits per heavy atom. The fraction of sp³-hybridized carbons (Fsp3) is 0.714. The first kappa shape index (κ1) is 17.1. The lowest BCUT2D eigenvalue weighted by Gasteiger charge is -2.23. The normalized spacial score (nSPS) is 12.3. The molecule has 0 aromatic carbocycles. The van der Waals surface area contributed by atoms with Crippen molar-refractivity contribution in [2.45, 2.75) is 53.5 Å². The van der Waals surface area contributed by atoms with E-state index < -0.39 is 4.92 Å². The Labute approximate surface area is 125 Å². The number of aryl methyl sites for hydroxylation is 1. The summed E-state index contributed by atoms with van der Waals surface area (Å²) in [7, 11) is 0. The summed E-state index contributed by atoms with van der Waals surface area (Å²) in [5, 5.41) is 17.5. The quantitative estimate of drug-likeness (QED) is 0.564. The largest absolute Gasteiger partial charge is 0.361 e. The summed E-state index contributed by atoms with van der Waals surface area (Å²) in [5.41, 5.74) is 0.319. The first-order chi connectivity index (χ1) is 9.94. The molecule has 0 saturated heterocycles. The molecule has 2 N–H and O–H groups in total. The van der Waals surface area contributed by atoms with Gasteiger partial charge in [0.05, 0.1) is 4.92 Å². The molecule has 0 fully saturated rings.